The molecule has 4 nitrogen and oxygen atoms in total. The van der Waals surface area contributed by atoms with Crippen molar-refractivity contribution in [2.45, 2.75) is 11.7 Å². The van der Waals surface area contributed by atoms with Crippen LogP contribution in [0.2, 0.25) is 0 Å². The fourth-order valence-corrected chi connectivity index (χ4v) is 4.00. The van der Waals surface area contributed by atoms with E-state index in [2.05, 4.69) is 22.8 Å². The van der Waals surface area contributed by atoms with E-state index in [-0.39, 0.29) is 17.0 Å². The number of hydrogen-bond acceptors (Lipinski definition) is 4. The summed E-state index contributed by atoms with van der Waals surface area (Å²) in [6.07, 6.45) is 0. The predicted molar refractivity (Wildman–Crippen MR) is 107 cm³/mol. The van der Waals surface area contributed by atoms with E-state index in [0.717, 1.165) is 51.5 Å². The molecule has 0 spiro atoms. The van der Waals surface area contributed by atoms with Crippen LogP contribution in [0.5, 0.6) is 11.5 Å². The average molecular weight is 419 g/mol. The minimum Gasteiger partial charge on any atom is -0.493 e. The van der Waals surface area contributed by atoms with Gasteiger partial charge >= 0.3 is 0 Å². The monoisotopic (exact) mass is 418 g/mol. The van der Waals surface area contributed by atoms with Gasteiger partial charge in [0.15, 0.2) is 16.7 Å². The molecule has 0 N–H and O–H groups in total. The smallest absolute Gasteiger partial charge is 0.169 e. The maximum Gasteiger partial charge on any atom is 0.169 e. The first kappa shape index (κ1) is 17.9. The van der Waals surface area contributed by atoms with Crippen molar-refractivity contribution in [3.05, 3.63) is 48.5 Å². The molecule has 0 radical (unpaired) electrons. The van der Waals surface area contributed by atoms with Crippen LogP contribution in [-0.4, -0.2) is 29.5 Å². The zero-order chi connectivity index (χ0) is 16.5. The van der Waals surface area contributed by atoms with Gasteiger partial charge in [-0.1, -0.05) is 42.1 Å². The van der Waals surface area contributed by atoms with Crippen LogP contribution in [0, 0.1) is 0 Å². The molecule has 0 amide bonds. The van der Waals surface area contributed by atoms with Gasteiger partial charge < -0.3 is 14.0 Å². The molecule has 130 valence electrons. The molecule has 0 fully saturated rings. The fraction of sp³-hybridized carbons (Fsp3) is 0.211. The van der Waals surface area contributed by atoms with Crippen LogP contribution >= 0.6 is 28.7 Å². The number of imidazole rings is 1. The van der Waals surface area contributed by atoms with E-state index in [1.54, 1.807) is 26.0 Å². The van der Waals surface area contributed by atoms with Gasteiger partial charge in [0.2, 0.25) is 0 Å². The molecule has 4 rings (SSSR count). The van der Waals surface area contributed by atoms with Gasteiger partial charge in [-0.15, -0.1) is 17.0 Å². The van der Waals surface area contributed by atoms with E-state index in [0.29, 0.717) is 0 Å². The topological polar surface area (TPSA) is 36.3 Å². The fourth-order valence-electron chi connectivity index (χ4n) is 3.05. The van der Waals surface area contributed by atoms with Crippen LogP contribution in [-0.2, 0) is 6.54 Å². The Morgan fingerprint density at radius 2 is 1.72 bits per heavy atom. The number of nitrogens with zero attached hydrogens (tertiary/aromatic N) is 2. The highest BCUT2D eigenvalue weighted by atomic mass is 79.9. The van der Waals surface area contributed by atoms with Crippen molar-refractivity contribution >= 4 is 28.7 Å². The lowest BCUT2D eigenvalue weighted by Crippen LogP contribution is -1.98. The Labute approximate surface area is 162 Å². The molecule has 0 bridgehead atoms. The Balaban J connectivity index is 0.00000182. The number of thioether (sulfide) groups is 1. The zero-order valence-corrected chi connectivity index (χ0v) is 16.6. The van der Waals surface area contributed by atoms with Crippen molar-refractivity contribution in [1.29, 1.82) is 0 Å². The van der Waals surface area contributed by atoms with Crippen LogP contribution in [0.25, 0.3) is 22.5 Å². The van der Waals surface area contributed by atoms with Crippen molar-refractivity contribution in [1.82, 2.24) is 9.55 Å². The van der Waals surface area contributed by atoms with Crippen molar-refractivity contribution in [3.8, 4) is 34.0 Å². The molecule has 0 saturated heterocycles. The number of fused-ring (bicyclic) bond motifs is 1. The normalized spacial score (nSPS) is 12.4. The Morgan fingerprint density at radius 3 is 2.44 bits per heavy atom. The molecule has 3 aromatic rings. The highest BCUT2D eigenvalue weighted by molar-refractivity contribution is 8.93. The minimum absolute atomic E-state index is 0. The predicted octanol–water partition coefficient (Wildman–Crippen LogP) is 4.92. The molecule has 1 aliphatic rings. The summed E-state index contributed by atoms with van der Waals surface area (Å²) in [5, 5.41) is 1.08. The number of hydrogen-bond donors (Lipinski definition) is 0. The van der Waals surface area contributed by atoms with E-state index >= 15 is 0 Å². The van der Waals surface area contributed by atoms with E-state index < -0.39 is 0 Å². The first-order valence-electron chi connectivity index (χ1n) is 7.83. The van der Waals surface area contributed by atoms with Crippen LogP contribution in [0.3, 0.4) is 0 Å². The van der Waals surface area contributed by atoms with E-state index in [1.807, 2.05) is 30.3 Å². The first-order chi connectivity index (χ1) is 11.8. The summed E-state index contributed by atoms with van der Waals surface area (Å²) >= 11 is 1.81. The molecule has 1 aromatic heterocycles. The quantitative estimate of drug-likeness (QED) is 0.602. The van der Waals surface area contributed by atoms with E-state index in [1.165, 1.54) is 0 Å². The SMILES string of the molecule is Br.COc1ccc(-c2c(-c3ccccc3)nc3n2CCS3)cc1OC. The third-order valence-corrected chi connectivity index (χ3v) is 5.14. The van der Waals surface area contributed by atoms with Gasteiger partial charge in [-0.05, 0) is 18.2 Å². The van der Waals surface area contributed by atoms with Gasteiger partial charge in [-0.25, -0.2) is 4.98 Å². The number of ether oxygens (including phenoxy) is 2. The van der Waals surface area contributed by atoms with Crippen LogP contribution in [0.15, 0.2) is 53.7 Å². The summed E-state index contributed by atoms with van der Waals surface area (Å²) in [7, 11) is 3.32. The third-order valence-electron chi connectivity index (χ3n) is 4.18. The molecule has 2 aromatic carbocycles. The first-order valence-corrected chi connectivity index (χ1v) is 8.81. The highest BCUT2D eigenvalue weighted by Crippen LogP contribution is 2.41. The second-order valence-electron chi connectivity index (χ2n) is 5.53. The maximum atomic E-state index is 5.48. The molecule has 25 heavy (non-hydrogen) atoms. The van der Waals surface area contributed by atoms with Crippen molar-refractivity contribution < 1.29 is 9.47 Å². The summed E-state index contributed by atoms with van der Waals surface area (Å²) < 4.78 is 13.1. The Hall–Kier alpha value is -1.92. The molecular formula is C19H19BrN2O2S. The van der Waals surface area contributed by atoms with E-state index in [4.69, 9.17) is 14.5 Å². The van der Waals surface area contributed by atoms with Gasteiger partial charge in [-0.3, -0.25) is 0 Å². The molecule has 2 heterocycles. The number of aromatic nitrogens is 2. The number of halogens is 1. The third kappa shape index (κ3) is 3.16. The summed E-state index contributed by atoms with van der Waals surface area (Å²) in [6.45, 7) is 0.976. The lowest BCUT2D eigenvalue weighted by Gasteiger charge is -2.12. The van der Waals surface area contributed by atoms with E-state index in [9.17, 15) is 0 Å². The highest BCUT2D eigenvalue weighted by Gasteiger charge is 2.24. The molecule has 0 atom stereocenters. The van der Waals surface area contributed by atoms with Gasteiger partial charge in [0.05, 0.1) is 25.6 Å². The maximum absolute atomic E-state index is 5.48. The molecule has 0 saturated carbocycles. The van der Waals surface area contributed by atoms with Crippen LogP contribution in [0.4, 0.5) is 0 Å². The van der Waals surface area contributed by atoms with Gasteiger partial charge in [-0.2, -0.15) is 0 Å². The largest absolute Gasteiger partial charge is 0.493 e. The van der Waals surface area contributed by atoms with Gasteiger partial charge in [0, 0.05) is 23.4 Å². The number of methoxy groups -OCH3 is 2. The van der Waals surface area contributed by atoms with Gasteiger partial charge in [0.1, 0.15) is 0 Å². The van der Waals surface area contributed by atoms with Gasteiger partial charge in [0.25, 0.3) is 0 Å². The summed E-state index contributed by atoms with van der Waals surface area (Å²) in [5.74, 6) is 2.53. The van der Waals surface area contributed by atoms with Crippen LogP contribution in [0.1, 0.15) is 0 Å². The van der Waals surface area contributed by atoms with Crippen molar-refractivity contribution in [3.63, 3.8) is 0 Å². The van der Waals surface area contributed by atoms with Crippen molar-refractivity contribution in [2.75, 3.05) is 20.0 Å². The molecule has 0 aliphatic carbocycles. The molecule has 1 aliphatic heterocycles. The second-order valence-corrected chi connectivity index (χ2v) is 6.59. The Bertz CT molecular complexity index is 881. The molecule has 0 unspecified atom stereocenters. The standard InChI is InChI=1S/C19H18N2O2S.BrH/c1-22-15-9-8-14(12-16(15)23-2)18-17(13-6-4-3-5-7-13)20-19-21(18)10-11-24-19;/h3-9,12H,10-11H2,1-2H3;1H. The summed E-state index contributed by atoms with van der Waals surface area (Å²) in [5.41, 5.74) is 4.38. The molecule has 6 heteroatoms. The summed E-state index contributed by atoms with van der Waals surface area (Å²) in [6, 6.07) is 16.4. The molecular weight excluding hydrogens is 400 g/mol. The number of rotatable bonds is 4. The Morgan fingerprint density at radius 1 is 0.960 bits per heavy atom. The second kappa shape index (κ2) is 7.54. The number of benzene rings is 2. The zero-order valence-electron chi connectivity index (χ0n) is 14.1. The Kier molecular flexibility index (Phi) is 5.39. The summed E-state index contributed by atoms with van der Waals surface area (Å²) in [4.78, 5) is 4.89. The average Bonchev–Trinajstić information content (AvgIpc) is 3.22. The minimum atomic E-state index is 0. The van der Waals surface area contributed by atoms with Crippen LogP contribution < -0.4 is 9.47 Å². The lowest BCUT2D eigenvalue weighted by atomic mass is 10.0. The van der Waals surface area contributed by atoms with Crippen molar-refractivity contribution in [2.24, 2.45) is 0 Å². The lowest BCUT2D eigenvalue weighted by molar-refractivity contribution is 0.355.